The maximum Gasteiger partial charge on any atom is 0.0580 e. The number of hydrogen-bond acceptors (Lipinski definition) is 2. The molecule has 0 saturated heterocycles. The Morgan fingerprint density at radius 1 is 1.31 bits per heavy atom. The Balaban J connectivity index is 2.38. The van der Waals surface area contributed by atoms with E-state index in [0.29, 0.717) is 11.8 Å². The highest BCUT2D eigenvalue weighted by Crippen LogP contribution is 2.31. The van der Waals surface area contributed by atoms with Gasteiger partial charge < -0.3 is 10.0 Å². The number of aliphatic hydroxyl groups excluding tert-OH is 1. The molecule has 1 N–H and O–H groups in total. The maximum atomic E-state index is 10.0. The van der Waals surface area contributed by atoms with Gasteiger partial charge in [-0.1, -0.05) is 27.2 Å². The van der Waals surface area contributed by atoms with E-state index in [1.807, 2.05) is 0 Å². The van der Waals surface area contributed by atoms with Gasteiger partial charge in [0.15, 0.2) is 0 Å². The summed E-state index contributed by atoms with van der Waals surface area (Å²) in [6.07, 6.45) is 4.68. The molecule has 0 aromatic carbocycles. The van der Waals surface area contributed by atoms with Crippen molar-refractivity contribution in [3.63, 3.8) is 0 Å². The maximum absolute atomic E-state index is 10.0. The fraction of sp³-hybridized carbons (Fsp3) is 1.00. The van der Waals surface area contributed by atoms with E-state index < -0.39 is 0 Å². The molecule has 0 heterocycles. The zero-order valence-corrected chi connectivity index (χ0v) is 11.4. The van der Waals surface area contributed by atoms with Crippen molar-refractivity contribution in [3.05, 3.63) is 0 Å². The minimum absolute atomic E-state index is 0.0580. The Labute approximate surface area is 101 Å². The Bertz CT molecular complexity index is 193. The van der Waals surface area contributed by atoms with Crippen molar-refractivity contribution in [2.75, 3.05) is 20.1 Å². The minimum Gasteiger partial charge on any atom is -0.393 e. The molecule has 0 aliphatic heterocycles. The fourth-order valence-electron chi connectivity index (χ4n) is 3.01. The first-order valence-electron chi connectivity index (χ1n) is 6.89. The van der Waals surface area contributed by atoms with Crippen LogP contribution in [0.3, 0.4) is 0 Å². The first-order valence-corrected chi connectivity index (χ1v) is 6.89. The van der Waals surface area contributed by atoms with Gasteiger partial charge in [-0.05, 0) is 44.1 Å². The van der Waals surface area contributed by atoms with Crippen LogP contribution in [0.1, 0.15) is 46.5 Å². The molecule has 3 unspecified atom stereocenters. The zero-order chi connectivity index (χ0) is 12.1. The normalized spacial score (nSPS) is 31.3. The van der Waals surface area contributed by atoms with Gasteiger partial charge in [0, 0.05) is 13.1 Å². The van der Waals surface area contributed by atoms with Crippen molar-refractivity contribution in [1.29, 1.82) is 0 Å². The van der Waals surface area contributed by atoms with E-state index in [9.17, 15) is 5.11 Å². The molecular weight excluding hydrogens is 198 g/mol. The van der Waals surface area contributed by atoms with Crippen LogP contribution in [0.2, 0.25) is 0 Å². The van der Waals surface area contributed by atoms with Crippen LogP contribution in [-0.4, -0.2) is 36.2 Å². The van der Waals surface area contributed by atoms with Gasteiger partial charge in [0.1, 0.15) is 0 Å². The van der Waals surface area contributed by atoms with Crippen LogP contribution >= 0.6 is 0 Å². The molecule has 1 fully saturated rings. The van der Waals surface area contributed by atoms with Gasteiger partial charge in [-0.15, -0.1) is 0 Å². The molecule has 16 heavy (non-hydrogen) atoms. The monoisotopic (exact) mass is 227 g/mol. The Hall–Kier alpha value is -0.0800. The van der Waals surface area contributed by atoms with Crippen LogP contribution in [0, 0.1) is 17.8 Å². The number of rotatable bonds is 5. The standard InChI is InChI=1S/C14H29NO/c1-5-12-6-7-14(16)13(8-12)10-15(4)9-11(2)3/h11-14,16H,5-10H2,1-4H3. The van der Waals surface area contributed by atoms with Crippen molar-refractivity contribution in [2.24, 2.45) is 17.8 Å². The molecule has 0 aromatic heterocycles. The second-order valence-electron chi connectivity index (χ2n) is 6.03. The predicted octanol–water partition coefficient (Wildman–Crippen LogP) is 2.76. The van der Waals surface area contributed by atoms with Crippen molar-refractivity contribution < 1.29 is 5.11 Å². The molecular formula is C14H29NO. The van der Waals surface area contributed by atoms with Crippen molar-refractivity contribution in [2.45, 2.75) is 52.6 Å². The van der Waals surface area contributed by atoms with E-state index in [0.717, 1.165) is 25.4 Å². The molecule has 1 aliphatic carbocycles. The number of hydrogen-bond donors (Lipinski definition) is 1. The first-order chi connectivity index (χ1) is 7.52. The van der Waals surface area contributed by atoms with Crippen LogP contribution < -0.4 is 0 Å². The van der Waals surface area contributed by atoms with E-state index in [2.05, 4.69) is 32.7 Å². The molecule has 0 spiro atoms. The van der Waals surface area contributed by atoms with Crippen molar-refractivity contribution in [1.82, 2.24) is 4.90 Å². The third kappa shape index (κ3) is 4.42. The number of aliphatic hydroxyl groups is 1. The van der Waals surface area contributed by atoms with Gasteiger partial charge >= 0.3 is 0 Å². The van der Waals surface area contributed by atoms with Crippen LogP contribution in [0.25, 0.3) is 0 Å². The van der Waals surface area contributed by atoms with E-state index in [1.165, 1.54) is 19.3 Å². The summed E-state index contributed by atoms with van der Waals surface area (Å²) in [4.78, 5) is 2.39. The van der Waals surface area contributed by atoms with Gasteiger partial charge in [-0.25, -0.2) is 0 Å². The average molecular weight is 227 g/mol. The lowest BCUT2D eigenvalue weighted by Crippen LogP contribution is -2.38. The van der Waals surface area contributed by atoms with Crippen LogP contribution in [0.4, 0.5) is 0 Å². The van der Waals surface area contributed by atoms with Gasteiger partial charge in [-0.2, -0.15) is 0 Å². The van der Waals surface area contributed by atoms with Crippen LogP contribution in [-0.2, 0) is 0 Å². The molecule has 0 bridgehead atoms. The summed E-state index contributed by atoms with van der Waals surface area (Å²) in [5.74, 6) is 2.07. The van der Waals surface area contributed by atoms with E-state index in [1.54, 1.807) is 0 Å². The molecule has 1 aliphatic rings. The Kier molecular flexibility index (Phi) is 5.77. The van der Waals surface area contributed by atoms with Crippen molar-refractivity contribution >= 4 is 0 Å². The largest absolute Gasteiger partial charge is 0.393 e. The lowest BCUT2D eigenvalue weighted by Gasteiger charge is -2.35. The van der Waals surface area contributed by atoms with E-state index >= 15 is 0 Å². The summed E-state index contributed by atoms with van der Waals surface area (Å²) in [7, 11) is 2.18. The second-order valence-corrected chi connectivity index (χ2v) is 6.03. The highest BCUT2D eigenvalue weighted by Gasteiger charge is 2.28. The quantitative estimate of drug-likeness (QED) is 0.780. The summed E-state index contributed by atoms with van der Waals surface area (Å²) in [6.45, 7) is 8.98. The fourth-order valence-corrected chi connectivity index (χ4v) is 3.01. The molecule has 2 nitrogen and oxygen atoms in total. The smallest absolute Gasteiger partial charge is 0.0580 e. The summed E-state index contributed by atoms with van der Waals surface area (Å²) in [6, 6.07) is 0. The summed E-state index contributed by atoms with van der Waals surface area (Å²) in [5.41, 5.74) is 0. The van der Waals surface area contributed by atoms with E-state index in [4.69, 9.17) is 0 Å². The lowest BCUT2D eigenvalue weighted by atomic mass is 9.78. The molecule has 2 heteroatoms. The minimum atomic E-state index is -0.0580. The zero-order valence-electron chi connectivity index (χ0n) is 11.4. The molecule has 1 rings (SSSR count). The highest BCUT2D eigenvalue weighted by atomic mass is 16.3. The van der Waals surface area contributed by atoms with Gasteiger partial charge in [0.25, 0.3) is 0 Å². The summed E-state index contributed by atoms with van der Waals surface area (Å²) in [5, 5.41) is 10.0. The van der Waals surface area contributed by atoms with Crippen LogP contribution in [0.5, 0.6) is 0 Å². The predicted molar refractivity (Wildman–Crippen MR) is 69.5 cm³/mol. The van der Waals surface area contributed by atoms with E-state index in [-0.39, 0.29) is 6.10 Å². The third-order valence-corrected chi connectivity index (χ3v) is 3.85. The van der Waals surface area contributed by atoms with Gasteiger partial charge in [0.05, 0.1) is 6.10 Å². The van der Waals surface area contributed by atoms with Gasteiger partial charge in [-0.3, -0.25) is 0 Å². The third-order valence-electron chi connectivity index (χ3n) is 3.85. The Morgan fingerprint density at radius 2 is 2.00 bits per heavy atom. The summed E-state index contributed by atoms with van der Waals surface area (Å²) < 4.78 is 0. The molecule has 0 aromatic rings. The highest BCUT2D eigenvalue weighted by molar-refractivity contribution is 4.81. The molecule has 0 radical (unpaired) electrons. The number of nitrogens with zero attached hydrogens (tertiary/aromatic N) is 1. The molecule has 1 saturated carbocycles. The average Bonchev–Trinajstić information content (AvgIpc) is 2.20. The topological polar surface area (TPSA) is 23.5 Å². The molecule has 96 valence electrons. The van der Waals surface area contributed by atoms with Crippen LogP contribution in [0.15, 0.2) is 0 Å². The SMILES string of the molecule is CCC1CCC(O)C(CN(C)CC(C)C)C1. The lowest BCUT2D eigenvalue weighted by molar-refractivity contribution is 0.0294. The first kappa shape index (κ1) is 14.0. The Morgan fingerprint density at radius 3 is 2.56 bits per heavy atom. The summed E-state index contributed by atoms with van der Waals surface area (Å²) >= 11 is 0. The van der Waals surface area contributed by atoms with Gasteiger partial charge in [0.2, 0.25) is 0 Å². The second kappa shape index (κ2) is 6.61. The molecule has 3 atom stereocenters. The van der Waals surface area contributed by atoms with Crippen molar-refractivity contribution in [3.8, 4) is 0 Å². The molecule has 0 amide bonds.